The second-order valence-corrected chi connectivity index (χ2v) is 5.46. The van der Waals surface area contributed by atoms with Crippen LogP contribution in [0.4, 0.5) is 5.69 Å². The van der Waals surface area contributed by atoms with Crippen molar-refractivity contribution in [3.8, 4) is 0 Å². The molecule has 2 rings (SSSR count). The molecule has 0 radical (unpaired) electrons. The number of nitrogens with one attached hydrogen (secondary N) is 1. The second-order valence-electron chi connectivity index (χ2n) is 5.46. The highest BCUT2D eigenvalue weighted by atomic mass is 16.6. The number of nitrogen functional groups attached to an aromatic ring is 1. The van der Waals surface area contributed by atoms with Gasteiger partial charge in [0, 0.05) is 12.7 Å². The summed E-state index contributed by atoms with van der Waals surface area (Å²) in [4.78, 5) is 26.5. The molecule has 0 aliphatic rings. The number of aromatic amines is 1. The van der Waals surface area contributed by atoms with Gasteiger partial charge in [-0.2, -0.15) is 0 Å². The molecule has 2 aromatic rings. The van der Waals surface area contributed by atoms with Crippen LogP contribution in [0.5, 0.6) is 0 Å². The average Bonchev–Trinajstić information content (AvgIpc) is 2.51. The van der Waals surface area contributed by atoms with Crippen molar-refractivity contribution in [2.45, 2.75) is 26.4 Å². The molecular weight excluding hydrogens is 246 g/mol. The van der Waals surface area contributed by atoms with Crippen LogP contribution in [0.1, 0.15) is 31.1 Å². The van der Waals surface area contributed by atoms with Crippen molar-refractivity contribution in [2.24, 2.45) is 7.05 Å². The maximum atomic E-state index is 12.2. The molecule has 1 aromatic carbocycles. The van der Waals surface area contributed by atoms with Crippen LogP contribution in [0.25, 0.3) is 11.0 Å². The number of fused-ring (bicyclic) bond motifs is 1. The SMILES string of the molecule is Cn1c(=O)[nH]c2cc(N)cc(C(=O)OC(C)(C)C)c21. The number of aromatic nitrogens is 2. The van der Waals surface area contributed by atoms with E-state index in [1.54, 1.807) is 33.9 Å². The maximum Gasteiger partial charge on any atom is 0.340 e. The number of nitrogens with two attached hydrogens (primary N) is 1. The van der Waals surface area contributed by atoms with Gasteiger partial charge in [-0.25, -0.2) is 9.59 Å². The van der Waals surface area contributed by atoms with Crippen LogP contribution in [-0.2, 0) is 11.8 Å². The fourth-order valence-electron chi connectivity index (χ4n) is 1.90. The molecule has 1 heterocycles. The third-order valence-electron chi connectivity index (χ3n) is 2.63. The molecule has 1 aromatic heterocycles. The number of carbonyl (C=O) groups is 1. The van der Waals surface area contributed by atoms with Gasteiger partial charge in [0.05, 0.1) is 16.6 Å². The van der Waals surface area contributed by atoms with Crippen molar-refractivity contribution < 1.29 is 9.53 Å². The minimum absolute atomic E-state index is 0.283. The van der Waals surface area contributed by atoms with Gasteiger partial charge in [-0.05, 0) is 32.9 Å². The minimum atomic E-state index is -0.608. The summed E-state index contributed by atoms with van der Waals surface area (Å²) in [6, 6.07) is 3.13. The first kappa shape index (κ1) is 13.2. The standard InChI is InChI=1S/C13H17N3O3/c1-13(2,3)19-11(17)8-5-7(14)6-9-10(8)16(4)12(18)15-9/h5-6H,14H2,1-4H3,(H,15,18). The lowest BCUT2D eigenvalue weighted by Crippen LogP contribution is -2.24. The molecule has 0 atom stereocenters. The van der Waals surface area contributed by atoms with Crippen LogP contribution in [0.15, 0.2) is 16.9 Å². The summed E-state index contributed by atoms with van der Waals surface area (Å²) in [5.41, 5.74) is 6.54. The van der Waals surface area contributed by atoms with Crippen LogP contribution in [0.2, 0.25) is 0 Å². The predicted octanol–water partition coefficient (Wildman–Crippen LogP) is 1.40. The van der Waals surface area contributed by atoms with E-state index in [9.17, 15) is 9.59 Å². The van der Waals surface area contributed by atoms with Crippen molar-refractivity contribution in [3.05, 3.63) is 28.2 Å². The van der Waals surface area contributed by atoms with Gasteiger partial charge in [0.2, 0.25) is 0 Å². The Morgan fingerprint density at radius 3 is 2.58 bits per heavy atom. The molecular formula is C13H17N3O3. The van der Waals surface area contributed by atoms with E-state index in [1.807, 2.05) is 0 Å². The maximum absolute atomic E-state index is 12.2. The Morgan fingerprint density at radius 2 is 2.00 bits per heavy atom. The third kappa shape index (κ3) is 2.47. The monoisotopic (exact) mass is 263 g/mol. The van der Waals surface area contributed by atoms with E-state index in [2.05, 4.69) is 4.98 Å². The van der Waals surface area contributed by atoms with Crippen molar-refractivity contribution in [3.63, 3.8) is 0 Å². The van der Waals surface area contributed by atoms with Gasteiger partial charge in [-0.3, -0.25) is 4.57 Å². The number of hydrogen-bond donors (Lipinski definition) is 2. The Balaban J connectivity index is 2.65. The molecule has 0 aliphatic carbocycles. The first-order valence-corrected chi connectivity index (χ1v) is 5.90. The number of benzene rings is 1. The number of rotatable bonds is 1. The molecule has 19 heavy (non-hydrogen) atoms. The Hall–Kier alpha value is -2.24. The fraction of sp³-hybridized carbons (Fsp3) is 0.385. The number of H-pyrrole nitrogens is 1. The zero-order valence-electron chi connectivity index (χ0n) is 11.4. The summed E-state index contributed by atoms with van der Waals surface area (Å²) in [5.74, 6) is -0.501. The molecule has 0 amide bonds. The summed E-state index contributed by atoms with van der Waals surface area (Å²) in [6.45, 7) is 5.35. The topological polar surface area (TPSA) is 90.1 Å². The number of aryl methyl sites for hydroxylation is 1. The number of carbonyl (C=O) groups excluding carboxylic acids is 1. The van der Waals surface area contributed by atoms with E-state index >= 15 is 0 Å². The lowest BCUT2D eigenvalue weighted by atomic mass is 10.1. The molecule has 0 saturated carbocycles. The molecule has 0 bridgehead atoms. The normalized spacial score (nSPS) is 11.8. The van der Waals surface area contributed by atoms with E-state index in [4.69, 9.17) is 10.5 Å². The smallest absolute Gasteiger partial charge is 0.340 e. The molecule has 0 unspecified atom stereocenters. The Morgan fingerprint density at radius 1 is 1.37 bits per heavy atom. The van der Waals surface area contributed by atoms with E-state index in [1.165, 1.54) is 10.6 Å². The van der Waals surface area contributed by atoms with E-state index < -0.39 is 11.6 Å². The summed E-state index contributed by atoms with van der Waals surface area (Å²) in [5, 5.41) is 0. The van der Waals surface area contributed by atoms with Crippen molar-refractivity contribution in [1.29, 1.82) is 0 Å². The number of imidazole rings is 1. The van der Waals surface area contributed by atoms with Crippen molar-refractivity contribution in [2.75, 3.05) is 5.73 Å². The van der Waals surface area contributed by atoms with Crippen molar-refractivity contribution >= 4 is 22.7 Å². The second kappa shape index (κ2) is 4.15. The lowest BCUT2D eigenvalue weighted by molar-refractivity contribution is 0.00714. The summed E-state index contributed by atoms with van der Waals surface area (Å²) < 4.78 is 6.70. The summed E-state index contributed by atoms with van der Waals surface area (Å²) >= 11 is 0. The van der Waals surface area contributed by atoms with Crippen LogP contribution in [-0.4, -0.2) is 21.1 Å². The van der Waals surface area contributed by atoms with Gasteiger partial charge in [-0.15, -0.1) is 0 Å². The third-order valence-corrected chi connectivity index (χ3v) is 2.63. The molecule has 0 fully saturated rings. The molecule has 3 N–H and O–H groups in total. The molecule has 0 spiro atoms. The summed E-state index contributed by atoms with van der Waals surface area (Å²) in [7, 11) is 1.59. The number of anilines is 1. The van der Waals surface area contributed by atoms with Gasteiger partial charge in [0.25, 0.3) is 0 Å². The molecule has 6 heteroatoms. The highest BCUT2D eigenvalue weighted by Gasteiger charge is 2.22. The number of hydrogen-bond acceptors (Lipinski definition) is 4. The zero-order valence-corrected chi connectivity index (χ0v) is 11.4. The number of nitrogens with zero attached hydrogens (tertiary/aromatic N) is 1. The van der Waals surface area contributed by atoms with Gasteiger partial charge < -0.3 is 15.5 Å². The van der Waals surface area contributed by atoms with Gasteiger partial charge >= 0.3 is 11.7 Å². The molecule has 6 nitrogen and oxygen atoms in total. The number of ether oxygens (including phenoxy) is 1. The first-order chi connectivity index (χ1) is 8.69. The zero-order chi connectivity index (χ0) is 14.4. The highest BCUT2D eigenvalue weighted by Crippen LogP contribution is 2.22. The van der Waals surface area contributed by atoms with E-state index in [-0.39, 0.29) is 11.3 Å². The average molecular weight is 263 g/mol. The van der Waals surface area contributed by atoms with Crippen LogP contribution in [0.3, 0.4) is 0 Å². The Labute approximate surface area is 110 Å². The first-order valence-electron chi connectivity index (χ1n) is 5.90. The highest BCUT2D eigenvalue weighted by molar-refractivity contribution is 6.03. The van der Waals surface area contributed by atoms with Gasteiger partial charge in [0.1, 0.15) is 5.60 Å². The minimum Gasteiger partial charge on any atom is -0.456 e. The predicted molar refractivity (Wildman–Crippen MR) is 73.1 cm³/mol. The van der Waals surface area contributed by atoms with Gasteiger partial charge in [0.15, 0.2) is 0 Å². The Kier molecular flexibility index (Phi) is 2.88. The fourth-order valence-corrected chi connectivity index (χ4v) is 1.90. The van der Waals surface area contributed by atoms with Crippen LogP contribution < -0.4 is 11.4 Å². The van der Waals surface area contributed by atoms with Crippen molar-refractivity contribution in [1.82, 2.24) is 9.55 Å². The molecule has 0 aliphatic heterocycles. The van der Waals surface area contributed by atoms with Gasteiger partial charge in [-0.1, -0.05) is 0 Å². The van der Waals surface area contributed by atoms with E-state index in [0.717, 1.165) is 0 Å². The molecule has 0 saturated heterocycles. The summed E-state index contributed by atoms with van der Waals surface area (Å²) in [6.07, 6.45) is 0. The largest absolute Gasteiger partial charge is 0.456 e. The van der Waals surface area contributed by atoms with Crippen LogP contribution in [0, 0.1) is 0 Å². The Bertz CT molecular complexity index is 704. The van der Waals surface area contributed by atoms with E-state index in [0.29, 0.717) is 16.7 Å². The quantitative estimate of drug-likeness (QED) is 0.601. The number of esters is 1. The lowest BCUT2D eigenvalue weighted by Gasteiger charge is -2.20. The molecule has 102 valence electrons. The van der Waals surface area contributed by atoms with Crippen LogP contribution >= 0.6 is 0 Å².